The van der Waals surface area contributed by atoms with Crippen molar-refractivity contribution in [1.82, 2.24) is 14.8 Å². The van der Waals surface area contributed by atoms with Crippen molar-refractivity contribution in [2.45, 2.75) is 38.4 Å². The van der Waals surface area contributed by atoms with Crippen LogP contribution in [0.4, 0.5) is 8.78 Å². The molecule has 1 aliphatic carbocycles. The van der Waals surface area contributed by atoms with E-state index in [1.54, 1.807) is 11.3 Å². The fourth-order valence-corrected chi connectivity index (χ4v) is 4.88. The van der Waals surface area contributed by atoms with Gasteiger partial charge in [-0.1, -0.05) is 6.07 Å². The van der Waals surface area contributed by atoms with Gasteiger partial charge in [0.25, 0.3) is 0 Å². The number of benzene rings is 1. The maximum Gasteiger partial charge on any atom is 0.130 e. The van der Waals surface area contributed by atoms with Gasteiger partial charge in [-0.2, -0.15) is 0 Å². The van der Waals surface area contributed by atoms with Gasteiger partial charge in [0.15, 0.2) is 0 Å². The Morgan fingerprint density at radius 2 is 2.00 bits per heavy atom. The highest BCUT2D eigenvalue weighted by atomic mass is 32.1. The number of piperidine rings is 1. The number of rotatable bonds is 5. The van der Waals surface area contributed by atoms with Gasteiger partial charge in [0.05, 0.1) is 6.54 Å². The molecule has 134 valence electrons. The lowest BCUT2D eigenvalue weighted by Gasteiger charge is -2.34. The largest absolute Gasteiger partial charge is 0.299 e. The van der Waals surface area contributed by atoms with Crippen LogP contribution in [0, 0.1) is 17.0 Å². The Labute approximate surface area is 151 Å². The van der Waals surface area contributed by atoms with Crippen molar-refractivity contribution in [2.24, 2.45) is 5.41 Å². The van der Waals surface area contributed by atoms with Gasteiger partial charge in [0.1, 0.15) is 16.6 Å². The van der Waals surface area contributed by atoms with Crippen LogP contribution in [-0.4, -0.2) is 41.0 Å². The van der Waals surface area contributed by atoms with E-state index in [4.69, 9.17) is 0 Å². The molecule has 1 aliphatic heterocycles. The molecule has 1 aromatic carbocycles. The van der Waals surface area contributed by atoms with Gasteiger partial charge in [-0.3, -0.25) is 9.80 Å². The lowest BCUT2D eigenvalue weighted by molar-refractivity contribution is 0.137. The van der Waals surface area contributed by atoms with E-state index in [2.05, 4.69) is 21.8 Å². The zero-order valence-corrected chi connectivity index (χ0v) is 15.2. The molecule has 2 heterocycles. The summed E-state index contributed by atoms with van der Waals surface area (Å²) in [6.07, 6.45) is 5.31. The summed E-state index contributed by atoms with van der Waals surface area (Å²) < 4.78 is 27.7. The Hall–Kier alpha value is -1.37. The number of nitrogens with zero attached hydrogens (tertiary/aromatic N) is 3. The first kappa shape index (κ1) is 17.1. The van der Waals surface area contributed by atoms with Gasteiger partial charge >= 0.3 is 0 Å². The summed E-state index contributed by atoms with van der Waals surface area (Å²) in [5.74, 6) is -0.875. The molecule has 1 spiro atoms. The first-order chi connectivity index (χ1) is 12.1. The zero-order chi connectivity index (χ0) is 17.4. The van der Waals surface area contributed by atoms with Gasteiger partial charge in [0, 0.05) is 29.7 Å². The molecule has 0 radical (unpaired) electrons. The van der Waals surface area contributed by atoms with E-state index in [1.807, 2.05) is 11.6 Å². The fraction of sp³-hybridized carbons (Fsp3) is 0.526. The smallest absolute Gasteiger partial charge is 0.130 e. The predicted octanol–water partition coefficient (Wildman–Crippen LogP) is 3.91. The van der Waals surface area contributed by atoms with Crippen LogP contribution < -0.4 is 0 Å². The summed E-state index contributed by atoms with van der Waals surface area (Å²) in [5, 5.41) is 3.18. The minimum atomic E-state index is -0.437. The summed E-state index contributed by atoms with van der Waals surface area (Å²) in [5.41, 5.74) is 0.600. The topological polar surface area (TPSA) is 19.4 Å². The summed E-state index contributed by atoms with van der Waals surface area (Å²) in [7, 11) is 2.18. The minimum Gasteiger partial charge on any atom is -0.299 e. The molecule has 1 atom stereocenters. The minimum absolute atomic E-state index is 0.201. The number of hydrogen-bond acceptors (Lipinski definition) is 4. The molecule has 1 saturated heterocycles. The monoisotopic (exact) mass is 363 g/mol. The second kappa shape index (κ2) is 6.74. The van der Waals surface area contributed by atoms with E-state index in [-0.39, 0.29) is 5.56 Å². The molecule has 0 amide bonds. The third-order valence-corrected chi connectivity index (χ3v) is 6.61. The van der Waals surface area contributed by atoms with Gasteiger partial charge in [-0.05, 0) is 56.9 Å². The quantitative estimate of drug-likeness (QED) is 0.803. The Bertz CT molecular complexity index is 706. The summed E-state index contributed by atoms with van der Waals surface area (Å²) in [6.45, 7) is 3.10. The van der Waals surface area contributed by atoms with Crippen molar-refractivity contribution >= 4 is 11.3 Å². The van der Waals surface area contributed by atoms with Gasteiger partial charge in [-0.15, -0.1) is 11.3 Å². The van der Waals surface area contributed by atoms with E-state index in [0.717, 1.165) is 37.5 Å². The number of thiazole rings is 1. The Morgan fingerprint density at radius 3 is 2.64 bits per heavy atom. The van der Waals surface area contributed by atoms with Crippen LogP contribution in [0.1, 0.15) is 29.8 Å². The lowest BCUT2D eigenvalue weighted by atomic mass is 9.92. The van der Waals surface area contributed by atoms with Crippen molar-refractivity contribution in [1.29, 1.82) is 0 Å². The molecule has 3 nitrogen and oxygen atoms in total. The lowest BCUT2D eigenvalue weighted by Crippen LogP contribution is -2.37. The highest BCUT2D eigenvalue weighted by Crippen LogP contribution is 2.56. The SMILES string of the molecule is CN(Cc1nccs1)C1CC12CCN(Cc1c(F)cccc1F)CC2. The van der Waals surface area contributed by atoms with Gasteiger partial charge < -0.3 is 0 Å². The van der Waals surface area contributed by atoms with Crippen molar-refractivity contribution in [3.05, 3.63) is 52.0 Å². The molecule has 6 heteroatoms. The maximum atomic E-state index is 13.8. The maximum absolute atomic E-state index is 13.8. The molecule has 25 heavy (non-hydrogen) atoms. The van der Waals surface area contributed by atoms with E-state index >= 15 is 0 Å². The molecule has 1 unspecified atom stereocenters. The second-order valence-corrected chi connectivity index (χ2v) is 8.38. The average Bonchev–Trinajstić information content (AvgIpc) is 3.05. The zero-order valence-electron chi connectivity index (χ0n) is 14.4. The molecule has 2 aliphatic rings. The fourth-order valence-electron chi connectivity index (χ4n) is 4.20. The van der Waals surface area contributed by atoms with E-state index < -0.39 is 11.6 Å². The summed E-state index contributed by atoms with van der Waals surface area (Å²) >= 11 is 1.70. The van der Waals surface area contributed by atoms with Crippen molar-refractivity contribution < 1.29 is 8.78 Å². The van der Waals surface area contributed by atoms with Crippen LogP contribution in [0.25, 0.3) is 0 Å². The molecule has 0 N–H and O–H groups in total. The van der Waals surface area contributed by atoms with Crippen molar-refractivity contribution in [3.63, 3.8) is 0 Å². The molecule has 2 aromatic rings. The van der Waals surface area contributed by atoms with Crippen LogP contribution in [0.15, 0.2) is 29.8 Å². The number of aromatic nitrogens is 1. The third-order valence-electron chi connectivity index (χ3n) is 5.84. The third kappa shape index (κ3) is 3.48. The number of likely N-dealkylation sites (tertiary alicyclic amines) is 1. The normalized spacial score (nSPS) is 22.6. The molecule has 0 bridgehead atoms. The predicted molar refractivity (Wildman–Crippen MR) is 95.3 cm³/mol. The van der Waals surface area contributed by atoms with E-state index in [0.29, 0.717) is 18.0 Å². The molecule has 2 fully saturated rings. The van der Waals surface area contributed by atoms with Crippen LogP contribution in [0.2, 0.25) is 0 Å². The standard InChI is InChI=1S/C19H23F2N3S/c1-23(13-18-22-7-10-25-18)17-11-19(17)5-8-24(9-6-19)12-14-15(20)3-2-4-16(14)21/h2-4,7,10,17H,5-6,8-9,11-13H2,1H3. The first-order valence-corrected chi connectivity index (χ1v) is 9.69. The highest BCUT2D eigenvalue weighted by Gasteiger charge is 2.56. The molecule has 1 saturated carbocycles. The second-order valence-electron chi connectivity index (χ2n) is 7.40. The average molecular weight is 363 g/mol. The van der Waals surface area contributed by atoms with Crippen LogP contribution in [0.3, 0.4) is 0 Å². The van der Waals surface area contributed by atoms with E-state index in [9.17, 15) is 8.78 Å². The Morgan fingerprint density at radius 1 is 1.28 bits per heavy atom. The molecular weight excluding hydrogens is 340 g/mol. The summed E-state index contributed by atoms with van der Waals surface area (Å²) in [4.78, 5) is 8.98. The van der Waals surface area contributed by atoms with E-state index in [1.165, 1.54) is 24.6 Å². The number of halogens is 2. The number of hydrogen-bond donors (Lipinski definition) is 0. The van der Waals surface area contributed by atoms with Crippen LogP contribution >= 0.6 is 11.3 Å². The van der Waals surface area contributed by atoms with Crippen molar-refractivity contribution in [3.8, 4) is 0 Å². The van der Waals surface area contributed by atoms with Gasteiger partial charge in [-0.25, -0.2) is 13.8 Å². The molecular formula is C19H23F2N3S. The van der Waals surface area contributed by atoms with Crippen molar-refractivity contribution in [2.75, 3.05) is 20.1 Å². The van der Waals surface area contributed by atoms with Crippen LogP contribution in [0.5, 0.6) is 0 Å². The Balaban J connectivity index is 1.32. The van der Waals surface area contributed by atoms with Crippen LogP contribution in [-0.2, 0) is 13.1 Å². The summed E-state index contributed by atoms with van der Waals surface area (Å²) in [6, 6.07) is 4.72. The highest BCUT2D eigenvalue weighted by molar-refractivity contribution is 7.09. The first-order valence-electron chi connectivity index (χ1n) is 8.81. The molecule has 4 rings (SSSR count). The van der Waals surface area contributed by atoms with Gasteiger partial charge in [0.2, 0.25) is 0 Å². The molecule has 1 aromatic heterocycles. The Kier molecular flexibility index (Phi) is 4.60.